The van der Waals surface area contributed by atoms with Gasteiger partial charge in [0.1, 0.15) is 5.82 Å². The Labute approximate surface area is 120 Å². The molecule has 2 aromatic rings. The molecule has 20 heavy (non-hydrogen) atoms. The molecule has 106 valence electrons. The van der Waals surface area contributed by atoms with Gasteiger partial charge in [0.15, 0.2) is 0 Å². The normalized spacial score (nSPS) is 14.1. The number of hydrogen-bond donors (Lipinski definition) is 1. The highest BCUT2D eigenvalue weighted by Gasteiger charge is 2.31. The van der Waals surface area contributed by atoms with Gasteiger partial charge in [0.05, 0.1) is 5.60 Å². The first-order valence-electron chi connectivity index (χ1n) is 7.00. The third-order valence-electron chi connectivity index (χ3n) is 4.07. The Morgan fingerprint density at radius 1 is 1.00 bits per heavy atom. The lowest BCUT2D eigenvalue weighted by atomic mass is 9.82. The highest BCUT2D eigenvalue weighted by molar-refractivity contribution is 5.37. The van der Waals surface area contributed by atoms with E-state index in [4.69, 9.17) is 0 Å². The van der Waals surface area contributed by atoms with E-state index in [1.54, 1.807) is 18.2 Å². The molecule has 0 saturated carbocycles. The first-order chi connectivity index (χ1) is 9.48. The minimum atomic E-state index is -1.16. The smallest absolute Gasteiger partial charge is 0.129 e. The Kier molecular flexibility index (Phi) is 4.24. The molecule has 2 aromatic carbocycles. The number of halogens is 1. The average molecular weight is 272 g/mol. The van der Waals surface area contributed by atoms with Crippen molar-refractivity contribution in [2.24, 2.45) is 0 Å². The van der Waals surface area contributed by atoms with Crippen molar-refractivity contribution in [1.82, 2.24) is 0 Å². The molecule has 0 aromatic heterocycles. The maximum absolute atomic E-state index is 14.0. The number of benzene rings is 2. The van der Waals surface area contributed by atoms with Crippen LogP contribution in [0.15, 0.2) is 42.5 Å². The van der Waals surface area contributed by atoms with E-state index in [0.717, 1.165) is 16.7 Å². The second kappa shape index (κ2) is 5.76. The van der Waals surface area contributed by atoms with Gasteiger partial charge in [-0.3, -0.25) is 0 Å². The van der Waals surface area contributed by atoms with Gasteiger partial charge in [0.25, 0.3) is 0 Å². The van der Waals surface area contributed by atoms with E-state index in [0.29, 0.717) is 18.4 Å². The molecule has 1 N–H and O–H groups in total. The predicted octanol–water partition coefficient (Wildman–Crippen LogP) is 4.28. The van der Waals surface area contributed by atoms with Crippen molar-refractivity contribution in [3.63, 3.8) is 0 Å². The molecule has 1 unspecified atom stereocenters. The zero-order valence-electron chi connectivity index (χ0n) is 12.3. The number of hydrogen-bond acceptors (Lipinski definition) is 1. The van der Waals surface area contributed by atoms with Crippen LogP contribution in [0.4, 0.5) is 4.39 Å². The van der Waals surface area contributed by atoms with Gasteiger partial charge in [0.2, 0.25) is 0 Å². The third-order valence-corrected chi connectivity index (χ3v) is 4.07. The van der Waals surface area contributed by atoms with E-state index in [9.17, 15) is 9.50 Å². The summed E-state index contributed by atoms with van der Waals surface area (Å²) in [7, 11) is 0. The molecule has 0 saturated heterocycles. The van der Waals surface area contributed by atoms with Crippen LogP contribution in [0.5, 0.6) is 0 Å². The van der Waals surface area contributed by atoms with Crippen molar-refractivity contribution in [3.05, 3.63) is 70.5 Å². The van der Waals surface area contributed by atoms with E-state index in [2.05, 4.69) is 0 Å². The molecule has 0 heterocycles. The Morgan fingerprint density at radius 2 is 1.60 bits per heavy atom. The standard InChI is InChI=1S/C18H21FO/c1-4-18(20,16-10-5-6-11-17(16)19)12-15-13(2)8-7-9-14(15)3/h5-11,20H,4,12H2,1-3H3. The summed E-state index contributed by atoms with van der Waals surface area (Å²) < 4.78 is 14.0. The Bertz CT molecular complexity index is 586. The summed E-state index contributed by atoms with van der Waals surface area (Å²) in [5.41, 5.74) is 2.58. The lowest BCUT2D eigenvalue weighted by Crippen LogP contribution is -2.29. The zero-order valence-corrected chi connectivity index (χ0v) is 12.3. The van der Waals surface area contributed by atoms with Crippen molar-refractivity contribution < 1.29 is 9.50 Å². The number of aliphatic hydroxyl groups is 1. The van der Waals surface area contributed by atoms with Crippen molar-refractivity contribution >= 4 is 0 Å². The van der Waals surface area contributed by atoms with Crippen LogP contribution in [0, 0.1) is 19.7 Å². The van der Waals surface area contributed by atoms with Crippen molar-refractivity contribution in [3.8, 4) is 0 Å². The molecule has 0 fully saturated rings. The maximum Gasteiger partial charge on any atom is 0.129 e. The maximum atomic E-state index is 14.0. The zero-order chi connectivity index (χ0) is 14.8. The third kappa shape index (κ3) is 2.75. The van der Waals surface area contributed by atoms with Gasteiger partial charge in [-0.15, -0.1) is 0 Å². The van der Waals surface area contributed by atoms with Gasteiger partial charge in [-0.2, -0.15) is 0 Å². The summed E-state index contributed by atoms with van der Waals surface area (Å²) in [6.45, 7) is 5.94. The Morgan fingerprint density at radius 3 is 2.15 bits per heavy atom. The molecule has 0 aliphatic heterocycles. The lowest BCUT2D eigenvalue weighted by molar-refractivity contribution is 0.0289. The van der Waals surface area contributed by atoms with Gasteiger partial charge < -0.3 is 5.11 Å². The molecule has 1 nitrogen and oxygen atoms in total. The van der Waals surface area contributed by atoms with Crippen molar-refractivity contribution in [1.29, 1.82) is 0 Å². The fourth-order valence-corrected chi connectivity index (χ4v) is 2.67. The first-order valence-corrected chi connectivity index (χ1v) is 7.00. The number of aryl methyl sites for hydroxylation is 2. The van der Waals surface area contributed by atoms with Crippen molar-refractivity contribution in [2.75, 3.05) is 0 Å². The summed E-state index contributed by atoms with van der Waals surface area (Å²) in [6.07, 6.45) is 0.907. The summed E-state index contributed by atoms with van der Waals surface area (Å²) in [5, 5.41) is 10.9. The van der Waals surface area contributed by atoms with Crippen LogP contribution in [0.3, 0.4) is 0 Å². The van der Waals surface area contributed by atoms with Gasteiger partial charge >= 0.3 is 0 Å². The molecule has 0 spiro atoms. The summed E-state index contributed by atoms with van der Waals surface area (Å²) in [6, 6.07) is 12.5. The monoisotopic (exact) mass is 272 g/mol. The molecule has 0 aliphatic rings. The molecular weight excluding hydrogens is 251 g/mol. The number of rotatable bonds is 4. The van der Waals surface area contributed by atoms with E-state index in [-0.39, 0.29) is 5.82 Å². The fourth-order valence-electron chi connectivity index (χ4n) is 2.67. The molecule has 0 amide bonds. The van der Waals surface area contributed by atoms with Crippen LogP contribution in [-0.4, -0.2) is 5.11 Å². The molecular formula is C18H21FO. The minimum Gasteiger partial charge on any atom is -0.385 e. The first kappa shape index (κ1) is 14.7. The van der Waals surface area contributed by atoms with Crippen LogP contribution in [-0.2, 0) is 12.0 Å². The molecule has 2 rings (SSSR count). The lowest BCUT2D eigenvalue weighted by Gasteiger charge is -2.29. The summed E-state index contributed by atoms with van der Waals surface area (Å²) in [5.74, 6) is -0.344. The molecule has 0 radical (unpaired) electrons. The summed E-state index contributed by atoms with van der Waals surface area (Å²) >= 11 is 0. The highest BCUT2D eigenvalue weighted by Crippen LogP contribution is 2.32. The topological polar surface area (TPSA) is 20.2 Å². The predicted molar refractivity (Wildman–Crippen MR) is 80.2 cm³/mol. The Hall–Kier alpha value is -1.67. The minimum absolute atomic E-state index is 0.344. The molecule has 0 bridgehead atoms. The average Bonchev–Trinajstić information content (AvgIpc) is 2.43. The second-order valence-electron chi connectivity index (χ2n) is 5.41. The van der Waals surface area contributed by atoms with Crippen LogP contribution in [0.2, 0.25) is 0 Å². The van der Waals surface area contributed by atoms with Crippen LogP contribution in [0.25, 0.3) is 0 Å². The van der Waals surface area contributed by atoms with E-state index >= 15 is 0 Å². The van der Waals surface area contributed by atoms with Crippen LogP contribution in [0.1, 0.15) is 35.6 Å². The second-order valence-corrected chi connectivity index (χ2v) is 5.41. The Balaban J connectivity index is 2.45. The van der Waals surface area contributed by atoms with Gasteiger partial charge in [-0.1, -0.05) is 43.3 Å². The van der Waals surface area contributed by atoms with Gasteiger partial charge in [0, 0.05) is 12.0 Å². The van der Waals surface area contributed by atoms with Crippen molar-refractivity contribution in [2.45, 2.75) is 39.2 Å². The van der Waals surface area contributed by atoms with E-state index < -0.39 is 5.60 Å². The quantitative estimate of drug-likeness (QED) is 0.880. The largest absolute Gasteiger partial charge is 0.385 e. The highest BCUT2D eigenvalue weighted by atomic mass is 19.1. The van der Waals surface area contributed by atoms with E-state index in [1.165, 1.54) is 6.07 Å². The van der Waals surface area contributed by atoms with Crippen LogP contribution >= 0.6 is 0 Å². The van der Waals surface area contributed by atoms with Gasteiger partial charge in [-0.05, 0) is 43.0 Å². The fraction of sp³-hybridized carbons (Fsp3) is 0.333. The summed E-state index contributed by atoms with van der Waals surface area (Å²) in [4.78, 5) is 0. The van der Waals surface area contributed by atoms with Gasteiger partial charge in [-0.25, -0.2) is 4.39 Å². The van der Waals surface area contributed by atoms with Crippen LogP contribution < -0.4 is 0 Å². The molecule has 0 aliphatic carbocycles. The van der Waals surface area contributed by atoms with E-state index in [1.807, 2.05) is 39.0 Å². The molecule has 1 atom stereocenters. The molecule has 2 heteroatoms. The SMILES string of the molecule is CCC(O)(Cc1c(C)cccc1C)c1ccccc1F.